The molecule has 0 aliphatic carbocycles. The van der Waals surface area contributed by atoms with Crippen LogP contribution < -0.4 is 0 Å². The van der Waals surface area contributed by atoms with Gasteiger partial charge in [-0.3, -0.25) is 0 Å². The third-order valence-electron chi connectivity index (χ3n) is 3.67. The Kier molecular flexibility index (Phi) is 4.57. The Balaban J connectivity index is 2.07. The summed E-state index contributed by atoms with van der Waals surface area (Å²) in [5, 5.41) is 11.7. The van der Waals surface area contributed by atoms with Crippen molar-refractivity contribution in [2.24, 2.45) is 0 Å². The minimum absolute atomic E-state index is 0.0329. The molecule has 3 rings (SSSR count). The Hall–Kier alpha value is -2.09. The molecule has 2 heterocycles. The highest BCUT2D eigenvalue weighted by molar-refractivity contribution is 7.10. The molecule has 0 amide bonds. The van der Waals surface area contributed by atoms with Crippen molar-refractivity contribution in [1.29, 1.82) is 5.26 Å². The summed E-state index contributed by atoms with van der Waals surface area (Å²) in [6, 6.07) is 16.2. The van der Waals surface area contributed by atoms with Gasteiger partial charge in [0.05, 0.1) is 11.6 Å². The van der Waals surface area contributed by atoms with Gasteiger partial charge in [-0.25, -0.2) is 0 Å². The maximum atomic E-state index is 9.68. The molecule has 2 aromatic rings. The number of allylic oxidation sites excluding steroid dienone is 1. The highest BCUT2D eigenvalue weighted by Crippen LogP contribution is 2.42. The van der Waals surface area contributed by atoms with Gasteiger partial charge in [0.2, 0.25) is 6.29 Å². The molecular formula is C18H17NO2S. The van der Waals surface area contributed by atoms with Gasteiger partial charge < -0.3 is 9.47 Å². The van der Waals surface area contributed by atoms with E-state index in [9.17, 15) is 5.26 Å². The SMILES string of the molecule is CCOC1CC(c2cccs2)C(C#N)=C(c2ccccc2)O1. The van der Waals surface area contributed by atoms with Crippen LogP contribution in [-0.2, 0) is 9.47 Å². The first-order chi connectivity index (χ1) is 10.8. The van der Waals surface area contributed by atoms with E-state index < -0.39 is 0 Å². The molecule has 2 unspecified atom stereocenters. The minimum Gasteiger partial charge on any atom is -0.463 e. The Morgan fingerprint density at radius 1 is 1.27 bits per heavy atom. The van der Waals surface area contributed by atoms with E-state index in [2.05, 4.69) is 12.1 Å². The summed E-state index contributed by atoms with van der Waals surface area (Å²) < 4.78 is 11.7. The maximum absolute atomic E-state index is 9.68. The van der Waals surface area contributed by atoms with Gasteiger partial charge in [-0.05, 0) is 18.4 Å². The first-order valence-electron chi connectivity index (χ1n) is 7.34. The van der Waals surface area contributed by atoms with Gasteiger partial charge in [0, 0.05) is 29.4 Å². The van der Waals surface area contributed by atoms with Crippen molar-refractivity contribution >= 4 is 17.1 Å². The van der Waals surface area contributed by atoms with E-state index in [0.717, 1.165) is 5.56 Å². The van der Waals surface area contributed by atoms with E-state index in [1.807, 2.05) is 48.7 Å². The van der Waals surface area contributed by atoms with Gasteiger partial charge in [0.1, 0.15) is 5.76 Å². The molecule has 1 aliphatic rings. The lowest BCUT2D eigenvalue weighted by molar-refractivity contribution is -0.104. The number of nitriles is 1. The van der Waals surface area contributed by atoms with Crippen molar-refractivity contribution in [2.75, 3.05) is 6.61 Å². The van der Waals surface area contributed by atoms with Gasteiger partial charge in [0.15, 0.2) is 0 Å². The molecule has 1 aliphatic heterocycles. The lowest BCUT2D eigenvalue weighted by Gasteiger charge is -2.31. The molecule has 0 radical (unpaired) electrons. The molecule has 0 bridgehead atoms. The summed E-state index contributed by atoms with van der Waals surface area (Å²) in [7, 11) is 0. The number of thiophene rings is 1. The van der Waals surface area contributed by atoms with Crippen LogP contribution in [0.15, 0.2) is 53.4 Å². The third-order valence-corrected chi connectivity index (χ3v) is 4.65. The number of ether oxygens (including phenoxy) is 2. The van der Waals surface area contributed by atoms with Crippen LogP contribution in [0.4, 0.5) is 0 Å². The average Bonchev–Trinajstić information content (AvgIpc) is 3.09. The molecule has 3 nitrogen and oxygen atoms in total. The normalized spacial score (nSPS) is 21.3. The zero-order valence-corrected chi connectivity index (χ0v) is 13.2. The van der Waals surface area contributed by atoms with E-state index in [0.29, 0.717) is 24.4 Å². The van der Waals surface area contributed by atoms with E-state index in [4.69, 9.17) is 9.47 Å². The van der Waals surface area contributed by atoms with Gasteiger partial charge >= 0.3 is 0 Å². The highest BCUT2D eigenvalue weighted by atomic mass is 32.1. The van der Waals surface area contributed by atoms with Crippen LogP contribution in [0.25, 0.3) is 5.76 Å². The van der Waals surface area contributed by atoms with E-state index >= 15 is 0 Å². The van der Waals surface area contributed by atoms with Gasteiger partial charge in [-0.2, -0.15) is 5.26 Å². The van der Waals surface area contributed by atoms with Crippen molar-refractivity contribution in [3.63, 3.8) is 0 Å². The molecule has 1 aromatic carbocycles. The fourth-order valence-corrected chi connectivity index (χ4v) is 3.54. The zero-order valence-electron chi connectivity index (χ0n) is 12.4. The van der Waals surface area contributed by atoms with Crippen LogP contribution in [0, 0.1) is 11.3 Å². The molecule has 112 valence electrons. The maximum Gasteiger partial charge on any atom is 0.200 e. The minimum atomic E-state index is -0.315. The largest absolute Gasteiger partial charge is 0.463 e. The van der Waals surface area contributed by atoms with E-state index in [1.54, 1.807) is 11.3 Å². The van der Waals surface area contributed by atoms with Crippen molar-refractivity contribution < 1.29 is 9.47 Å². The Morgan fingerprint density at radius 3 is 2.73 bits per heavy atom. The van der Waals surface area contributed by atoms with Gasteiger partial charge in [0.25, 0.3) is 0 Å². The molecule has 0 saturated carbocycles. The van der Waals surface area contributed by atoms with Crippen LogP contribution in [0.5, 0.6) is 0 Å². The molecular weight excluding hydrogens is 294 g/mol. The van der Waals surface area contributed by atoms with Gasteiger partial charge in [-0.1, -0.05) is 36.4 Å². The topological polar surface area (TPSA) is 42.2 Å². The third kappa shape index (κ3) is 2.92. The highest BCUT2D eigenvalue weighted by Gasteiger charge is 2.33. The Morgan fingerprint density at radius 2 is 2.09 bits per heavy atom. The van der Waals surface area contributed by atoms with Crippen LogP contribution in [0.1, 0.15) is 29.7 Å². The molecule has 0 saturated heterocycles. The van der Waals surface area contributed by atoms with Crippen molar-refractivity contribution in [1.82, 2.24) is 0 Å². The van der Waals surface area contributed by atoms with Crippen LogP contribution in [-0.4, -0.2) is 12.9 Å². The molecule has 0 N–H and O–H groups in total. The quantitative estimate of drug-likeness (QED) is 0.832. The van der Waals surface area contributed by atoms with Crippen molar-refractivity contribution in [3.8, 4) is 6.07 Å². The molecule has 4 heteroatoms. The fourth-order valence-electron chi connectivity index (χ4n) is 2.69. The molecule has 0 fully saturated rings. The number of nitrogens with zero attached hydrogens (tertiary/aromatic N) is 1. The summed E-state index contributed by atoms with van der Waals surface area (Å²) in [6.45, 7) is 2.54. The fraction of sp³-hybridized carbons (Fsp3) is 0.278. The van der Waals surface area contributed by atoms with E-state index in [1.165, 1.54) is 4.88 Å². The second kappa shape index (κ2) is 6.78. The summed E-state index contributed by atoms with van der Waals surface area (Å²) in [5.41, 5.74) is 1.61. The van der Waals surface area contributed by atoms with E-state index in [-0.39, 0.29) is 12.2 Å². The molecule has 1 aromatic heterocycles. The standard InChI is InChI=1S/C18H17NO2S/c1-2-20-17-11-14(16-9-6-10-22-16)15(12-19)18(21-17)13-7-4-3-5-8-13/h3-10,14,17H,2,11H2,1H3. The summed E-state index contributed by atoms with van der Waals surface area (Å²) in [4.78, 5) is 1.18. The number of benzene rings is 1. The summed E-state index contributed by atoms with van der Waals surface area (Å²) in [5.74, 6) is 0.678. The second-order valence-corrected chi connectivity index (χ2v) is 6.01. The Labute approximate surface area is 134 Å². The van der Waals surface area contributed by atoms with Gasteiger partial charge in [-0.15, -0.1) is 11.3 Å². The first kappa shape index (κ1) is 14.8. The second-order valence-electron chi connectivity index (χ2n) is 5.03. The van der Waals surface area contributed by atoms with Crippen LogP contribution in [0.3, 0.4) is 0 Å². The summed E-state index contributed by atoms with van der Waals surface area (Å²) >= 11 is 1.67. The van der Waals surface area contributed by atoms with Crippen LogP contribution >= 0.6 is 11.3 Å². The number of hydrogen-bond acceptors (Lipinski definition) is 4. The monoisotopic (exact) mass is 311 g/mol. The van der Waals surface area contributed by atoms with Crippen molar-refractivity contribution in [3.05, 3.63) is 63.9 Å². The first-order valence-corrected chi connectivity index (χ1v) is 8.22. The average molecular weight is 311 g/mol. The smallest absolute Gasteiger partial charge is 0.200 e. The zero-order chi connectivity index (χ0) is 15.4. The molecule has 2 atom stereocenters. The lowest BCUT2D eigenvalue weighted by Crippen LogP contribution is -2.26. The van der Waals surface area contributed by atoms with Crippen molar-refractivity contribution in [2.45, 2.75) is 25.6 Å². The number of rotatable bonds is 4. The lowest BCUT2D eigenvalue weighted by atomic mass is 9.89. The molecule has 0 spiro atoms. The number of hydrogen-bond donors (Lipinski definition) is 0. The predicted molar refractivity (Wildman–Crippen MR) is 87.2 cm³/mol. The predicted octanol–water partition coefficient (Wildman–Crippen LogP) is 4.55. The Bertz CT molecular complexity index is 686. The molecule has 22 heavy (non-hydrogen) atoms. The van der Waals surface area contributed by atoms with Crippen LogP contribution in [0.2, 0.25) is 0 Å². The summed E-state index contributed by atoms with van der Waals surface area (Å²) in [6.07, 6.45) is 0.359.